The Balaban J connectivity index is 2.48. The van der Waals surface area contributed by atoms with Crippen LogP contribution >= 0.6 is 0 Å². The molecule has 0 bridgehead atoms. The Labute approximate surface area is 237 Å². The van der Waals surface area contributed by atoms with Gasteiger partial charge in [-0.15, -0.1) is 0 Å². The maximum atomic E-state index is 13.4. The lowest BCUT2D eigenvalue weighted by Crippen LogP contribution is -2.60. The van der Waals surface area contributed by atoms with Crippen LogP contribution in [0.15, 0.2) is 36.4 Å². The first-order valence-corrected chi connectivity index (χ1v) is 14.0. The zero-order valence-corrected chi connectivity index (χ0v) is 24.5. The Morgan fingerprint density at radius 2 is 1.38 bits per heavy atom. The number of cyclic esters (lactones) is 1. The fourth-order valence-corrected chi connectivity index (χ4v) is 4.19. The van der Waals surface area contributed by atoms with Gasteiger partial charge in [0.1, 0.15) is 30.3 Å². The molecule has 1 saturated heterocycles. The largest absolute Gasteiger partial charge is 0.456 e. The first-order chi connectivity index (χ1) is 18.8. The van der Waals surface area contributed by atoms with Crippen molar-refractivity contribution >= 4 is 35.7 Å². The molecule has 1 aliphatic heterocycles. The second-order valence-electron chi connectivity index (χ2n) is 11.1. The van der Waals surface area contributed by atoms with Crippen molar-refractivity contribution in [2.24, 2.45) is 17.8 Å². The number of hydrogen-bond acceptors (Lipinski definition) is 6. The standard InChI is InChI=1S/C30H44N4O6/c1-8-19(6)26-29(38)33-25(18(4)5)30(39)40-22(15-14-21-12-10-9-11-13-21)16-23(35)32-24(17(2)3)28(37)31-20(7)27(36)34-26/h9-15,17-20,22,24-26H,8,16H2,1-7H3,(H,31,37)(H,32,35)(H,33,38)(H,34,36)/b15-14+/t19-,20+,22?,24?,25?,26-/m0/s1. The number of nitrogens with one attached hydrogen (secondary N) is 4. The van der Waals surface area contributed by atoms with E-state index in [1.54, 1.807) is 39.8 Å². The van der Waals surface area contributed by atoms with Crippen LogP contribution in [0.3, 0.4) is 0 Å². The van der Waals surface area contributed by atoms with Crippen LogP contribution in [0.1, 0.15) is 66.9 Å². The number of benzene rings is 1. The molecule has 10 nitrogen and oxygen atoms in total. The van der Waals surface area contributed by atoms with Crippen LogP contribution in [0.2, 0.25) is 0 Å². The van der Waals surface area contributed by atoms with E-state index in [-0.39, 0.29) is 24.2 Å². The zero-order chi connectivity index (χ0) is 30.0. The molecule has 1 heterocycles. The van der Waals surface area contributed by atoms with E-state index in [0.717, 1.165) is 5.56 Å². The summed E-state index contributed by atoms with van der Waals surface area (Å²) < 4.78 is 5.76. The van der Waals surface area contributed by atoms with E-state index in [2.05, 4.69) is 21.3 Å². The van der Waals surface area contributed by atoms with Crippen molar-refractivity contribution in [3.05, 3.63) is 42.0 Å². The summed E-state index contributed by atoms with van der Waals surface area (Å²) in [4.78, 5) is 65.8. The molecule has 2 rings (SSSR count). The van der Waals surface area contributed by atoms with Crippen molar-refractivity contribution < 1.29 is 28.7 Å². The molecule has 0 radical (unpaired) electrons. The average Bonchev–Trinajstić information content (AvgIpc) is 2.90. The van der Waals surface area contributed by atoms with Crippen LogP contribution in [0.5, 0.6) is 0 Å². The normalized spacial score (nSPS) is 26.6. The van der Waals surface area contributed by atoms with E-state index in [1.165, 1.54) is 6.92 Å². The quantitative estimate of drug-likeness (QED) is 0.396. The average molecular weight is 557 g/mol. The highest BCUT2D eigenvalue weighted by Crippen LogP contribution is 2.15. The Hall–Kier alpha value is -3.69. The molecule has 1 aromatic rings. The van der Waals surface area contributed by atoms with Crippen LogP contribution in [-0.2, 0) is 28.7 Å². The second kappa shape index (κ2) is 15.2. The van der Waals surface area contributed by atoms with Crippen LogP contribution in [0.4, 0.5) is 0 Å². The van der Waals surface area contributed by atoms with Crippen molar-refractivity contribution in [1.29, 1.82) is 0 Å². The second-order valence-corrected chi connectivity index (χ2v) is 11.1. The van der Waals surface area contributed by atoms with E-state index in [0.29, 0.717) is 6.42 Å². The van der Waals surface area contributed by atoms with Crippen molar-refractivity contribution in [2.75, 3.05) is 0 Å². The molecular weight excluding hydrogens is 512 g/mol. The molecule has 40 heavy (non-hydrogen) atoms. The fourth-order valence-electron chi connectivity index (χ4n) is 4.19. The number of amides is 4. The molecule has 1 aliphatic rings. The predicted octanol–water partition coefficient (Wildman–Crippen LogP) is 2.33. The number of rotatable bonds is 6. The van der Waals surface area contributed by atoms with Gasteiger partial charge >= 0.3 is 5.97 Å². The molecule has 10 heteroatoms. The molecule has 0 aliphatic carbocycles. The molecule has 0 saturated carbocycles. The minimum Gasteiger partial charge on any atom is -0.456 e. The maximum absolute atomic E-state index is 13.4. The van der Waals surface area contributed by atoms with E-state index in [4.69, 9.17) is 4.74 Å². The summed E-state index contributed by atoms with van der Waals surface area (Å²) in [6, 6.07) is 5.49. The lowest BCUT2D eigenvalue weighted by atomic mass is 9.96. The number of ether oxygens (including phenoxy) is 1. The van der Waals surface area contributed by atoms with Gasteiger partial charge in [0.2, 0.25) is 23.6 Å². The Morgan fingerprint density at radius 1 is 0.800 bits per heavy atom. The monoisotopic (exact) mass is 556 g/mol. The van der Waals surface area contributed by atoms with Crippen LogP contribution in [-0.4, -0.2) is 59.9 Å². The van der Waals surface area contributed by atoms with Gasteiger partial charge in [-0.05, 0) is 36.3 Å². The maximum Gasteiger partial charge on any atom is 0.329 e. The van der Waals surface area contributed by atoms with E-state index in [9.17, 15) is 24.0 Å². The first-order valence-electron chi connectivity index (χ1n) is 14.0. The molecule has 1 aromatic carbocycles. The van der Waals surface area contributed by atoms with Gasteiger partial charge < -0.3 is 26.0 Å². The molecule has 6 atom stereocenters. The van der Waals surface area contributed by atoms with Gasteiger partial charge in [-0.3, -0.25) is 19.2 Å². The minimum atomic E-state index is -1.01. The van der Waals surface area contributed by atoms with Gasteiger partial charge in [-0.2, -0.15) is 0 Å². The molecule has 0 aromatic heterocycles. The molecule has 3 unspecified atom stereocenters. The molecule has 1 fully saturated rings. The third-order valence-electron chi connectivity index (χ3n) is 6.99. The van der Waals surface area contributed by atoms with Crippen molar-refractivity contribution in [3.63, 3.8) is 0 Å². The van der Waals surface area contributed by atoms with Crippen LogP contribution in [0.25, 0.3) is 6.08 Å². The summed E-state index contributed by atoms with van der Waals surface area (Å²) in [6.07, 6.45) is 2.75. The van der Waals surface area contributed by atoms with Gasteiger partial charge in [0.25, 0.3) is 0 Å². The summed E-state index contributed by atoms with van der Waals surface area (Å²) in [6.45, 7) is 12.3. The molecule has 220 valence electrons. The highest BCUT2D eigenvalue weighted by molar-refractivity contribution is 5.95. The Kier molecular flexibility index (Phi) is 12.4. The Bertz CT molecular complexity index is 1070. The van der Waals surface area contributed by atoms with Gasteiger partial charge in [-0.25, -0.2) is 4.79 Å². The molecule has 0 spiro atoms. The number of esters is 1. The summed E-state index contributed by atoms with van der Waals surface area (Å²) in [5.41, 5.74) is 0.848. The molecule has 4 amide bonds. The lowest BCUT2D eigenvalue weighted by Gasteiger charge is -2.30. The highest BCUT2D eigenvalue weighted by Gasteiger charge is 2.35. The van der Waals surface area contributed by atoms with Gasteiger partial charge in [0.15, 0.2) is 0 Å². The Morgan fingerprint density at radius 3 is 1.95 bits per heavy atom. The molecule has 4 N–H and O–H groups in total. The summed E-state index contributed by atoms with van der Waals surface area (Å²) in [5, 5.41) is 10.8. The van der Waals surface area contributed by atoms with E-state index in [1.807, 2.05) is 44.2 Å². The number of hydrogen-bond donors (Lipinski definition) is 4. The third kappa shape index (κ3) is 9.50. The fraction of sp³-hybridized carbons (Fsp3) is 0.567. The SMILES string of the molecule is CC[C@H](C)[C@@H]1NC(=O)[C@@H](C)NC(=O)C(C(C)C)NC(=O)CC(/C=C/c2ccccc2)OC(=O)C(C(C)C)NC1=O. The predicted molar refractivity (Wildman–Crippen MR) is 153 cm³/mol. The lowest BCUT2D eigenvalue weighted by molar-refractivity contribution is -0.153. The molecular formula is C30H44N4O6. The number of carbonyl (C=O) groups is 5. The van der Waals surface area contributed by atoms with Crippen LogP contribution in [0, 0.1) is 17.8 Å². The smallest absolute Gasteiger partial charge is 0.329 e. The van der Waals surface area contributed by atoms with Crippen molar-refractivity contribution in [3.8, 4) is 0 Å². The number of carbonyl (C=O) groups excluding carboxylic acids is 5. The highest BCUT2D eigenvalue weighted by atomic mass is 16.5. The minimum absolute atomic E-state index is 0.240. The third-order valence-corrected chi connectivity index (χ3v) is 6.99. The van der Waals surface area contributed by atoms with E-state index < -0.39 is 59.9 Å². The van der Waals surface area contributed by atoms with Gasteiger partial charge in [-0.1, -0.05) is 84.4 Å². The van der Waals surface area contributed by atoms with Crippen LogP contribution < -0.4 is 21.3 Å². The summed E-state index contributed by atoms with van der Waals surface area (Å²) in [7, 11) is 0. The topological polar surface area (TPSA) is 143 Å². The first kappa shape index (κ1) is 32.5. The summed E-state index contributed by atoms with van der Waals surface area (Å²) in [5.74, 6) is -3.69. The summed E-state index contributed by atoms with van der Waals surface area (Å²) >= 11 is 0. The zero-order valence-electron chi connectivity index (χ0n) is 24.5. The van der Waals surface area contributed by atoms with Gasteiger partial charge in [0.05, 0.1) is 6.42 Å². The van der Waals surface area contributed by atoms with E-state index >= 15 is 0 Å². The van der Waals surface area contributed by atoms with Crippen molar-refractivity contribution in [1.82, 2.24) is 21.3 Å². The van der Waals surface area contributed by atoms with Crippen molar-refractivity contribution in [2.45, 2.75) is 91.6 Å². The van der Waals surface area contributed by atoms with Gasteiger partial charge in [0, 0.05) is 0 Å².